The van der Waals surface area contributed by atoms with Crippen LogP contribution in [0.2, 0.25) is 0 Å². The lowest BCUT2D eigenvalue weighted by molar-refractivity contribution is 0.0750. The van der Waals surface area contributed by atoms with Crippen molar-refractivity contribution < 1.29 is 4.79 Å². The van der Waals surface area contributed by atoms with E-state index in [0.29, 0.717) is 13.1 Å². The minimum atomic E-state index is 0.0569. The number of carbonyl (C=O) groups is 1. The van der Waals surface area contributed by atoms with Crippen LogP contribution in [0.15, 0.2) is 48.8 Å². The third kappa shape index (κ3) is 2.97. The number of hydrogen-bond donors (Lipinski definition) is 0. The largest absolute Gasteiger partial charge is 0.333 e. The van der Waals surface area contributed by atoms with E-state index in [1.165, 1.54) is 5.56 Å². The molecule has 0 spiro atoms. The molecule has 4 heteroatoms. The molecule has 2 heterocycles. The summed E-state index contributed by atoms with van der Waals surface area (Å²) in [5, 5.41) is 0. The molecule has 0 radical (unpaired) electrons. The maximum atomic E-state index is 12.8. The second-order valence-electron chi connectivity index (χ2n) is 5.80. The Balaban J connectivity index is 1.87. The van der Waals surface area contributed by atoms with E-state index in [9.17, 15) is 4.79 Å². The fourth-order valence-electron chi connectivity index (χ4n) is 2.68. The standard InChI is InChI=1S/C19H21N3O/c1-4-21(19(23)16-9-8-14(2)15(3)11-16)13-17-12-20-18-7-5-6-10-22(17)18/h5-12H,4,13H2,1-3H3. The summed E-state index contributed by atoms with van der Waals surface area (Å²) in [6.07, 6.45) is 3.82. The molecule has 0 atom stereocenters. The zero-order valence-corrected chi connectivity index (χ0v) is 13.8. The summed E-state index contributed by atoms with van der Waals surface area (Å²) in [6, 6.07) is 11.8. The summed E-state index contributed by atoms with van der Waals surface area (Å²) in [5.74, 6) is 0.0569. The van der Waals surface area contributed by atoms with Crippen molar-refractivity contribution >= 4 is 11.6 Å². The number of hydrogen-bond acceptors (Lipinski definition) is 2. The van der Waals surface area contributed by atoms with Crippen LogP contribution in [0.25, 0.3) is 5.65 Å². The molecule has 1 amide bonds. The van der Waals surface area contributed by atoms with Gasteiger partial charge in [-0.05, 0) is 56.2 Å². The van der Waals surface area contributed by atoms with E-state index in [4.69, 9.17) is 0 Å². The van der Waals surface area contributed by atoms with Crippen molar-refractivity contribution in [2.45, 2.75) is 27.3 Å². The first-order chi connectivity index (χ1) is 11.1. The number of carbonyl (C=O) groups excluding carboxylic acids is 1. The second-order valence-corrected chi connectivity index (χ2v) is 5.80. The third-order valence-corrected chi connectivity index (χ3v) is 4.27. The van der Waals surface area contributed by atoms with Crippen molar-refractivity contribution in [2.24, 2.45) is 0 Å². The van der Waals surface area contributed by atoms with Crippen LogP contribution in [0.5, 0.6) is 0 Å². The van der Waals surface area contributed by atoms with Crippen molar-refractivity contribution in [3.63, 3.8) is 0 Å². The first-order valence-electron chi connectivity index (χ1n) is 7.87. The van der Waals surface area contributed by atoms with Crippen LogP contribution < -0.4 is 0 Å². The smallest absolute Gasteiger partial charge is 0.254 e. The molecule has 0 fully saturated rings. The summed E-state index contributed by atoms with van der Waals surface area (Å²) in [5.41, 5.74) is 4.99. The molecule has 3 rings (SSSR count). The molecule has 0 N–H and O–H groups in total. The van der Waals surface area contributed by atoms with E-state index in [2.05, 4.69) is 11.9 Å². The Labute approximate surface area is 136 Å². The predicted molar refractivity (Wildman–Crippen MR) is 91.5 cm³/mol. The molecule has 0 saturated carbocycles. The Morgan fingerprint density at radius 1 is 1.17 bits per heavy atom. The quantitative estimate of drug-likeness (QED) is 0.738. The van der Waals surface area contributed by atoms with Gasteiger partial charge in [0, 0.05) is 18.3 Å². The lowest BCUT2D eigenvalue weighted by Gasteiger charge is -2.21. The summed E-state index contributed by atoms with van der Waals surface area (Å²) in [4.78, 5) is 19.0. The fourth-order valence-corrected chi connectivity index (χ4v) is 2.68. The third-order valence-electron chi connectivity index (χ3n) is 4.27. The minimum absolute atomic E-state index is 0.0569. The van der Waals surface area contributed by atoms with Crippen molar-refractivity contribution in [1.82, 2.24) is 14.3 Å². The zero-order valence-electron chi connectivity index (χ0n) is 13.8. The molecule has 4 nitrogen and oxygen atoms in total. The highest BCUT2D eigenvalue weighted by Crippen LogP contribution is 2.15. The molecule has 3 aromatic rings. The molecular formula is C19H21N3O. The number of benzene rings is 1. The van der Waals surface area contributed by atoms with Crippen molar-refractivity contribution in [3.05, 3.63) is 71.2 Å². The molecule has 1 aromatic carbocycles. The SMILES string of the molecule is CCN(Cc1cnc2ccccn12)C(=O)c1ccc(C)c(C)c1. The maximum absolute atomic E-state index is 12.8. The molecule has 0 bridgehead atoms. The minimum Gasteiger partial charge on any atom is -0.333 e. The van der Waals surface area contributed by atoms with Crippen molar-refractivity contribution in [2.75, 3.05) is 6.54 Å². The van der Waals surface area contributed by atoms with Crippen LogP contribution in [0.4, 0.5) is 0 Å². The van der Waals surface area contributed by atoms with Gasteiger partial charge >= 0.3 is 0 Å². The summed E-state index contributed by atoms with van der Waals surface area (Å²) < 4.78 is 2.02. The Morgan fingerprint density at radius 2 is 2.00 bits per heavy atom. The van der Waals surface area contributed by atoms with Gasteiger partial charge in [-0.1, -0.05) is 12.1 Å². The highest BCUT2D eigenvalue weighted by Gasteiger charge is 2.16. The monoisotopic (exact) mass is 307 g/mol. The number of pyridine rings is 1. The Hall–Kier alpha value is -2.62. The first kappa shape index (κ1) is 15.3. The number of aromatic nitrogens is 2. The lowest BCUT2D eigenvalue weighted by atomic mass is 10.1. The van der Waals surface area contributed by atoms with Crippen LogP contribution >= 0.6 is 0 Å². The van der Waals surface area contributed by atoms with Crippen molar-refractivity contribution in [3.8, 4) is 0 Å². The Bertz CT molecular complexity index is 851. The summed E-state index contributed by atoms with van der Waals surface area (Å²) in [7, 11) is 0. The van der Waals surface area contributed by atoms with Crippen LogP contribution in [-0.2, 0) is 6.54 Å². The van der Waals surface area contributed by atoms with E-state index >= 15 is 0 Å². The molecule has 0 unspecified atom stereocenters. The molecular weight excluding hydrogens is 286 g/mol. The number of fused-ring (bicyclic) bond motifs is 1. The molecule has 23 heavy (non-hydrogen) atoms. The Kier molecular flexibility index (Phi) is 4.15. The van der Waals surface area contributed by atoms with Crippen molar-refractivity contribution in [1.29, 1.82) is 0 Å². The van der Waals surface area contributed by atoms with Crippen LogP contribution in [-0.4, -0.2) is 26.7 Å². The van der Waals surface area contributed by atoms with Gasteiger partial charge in [-0.2, -0.15) is 0 Å². The summed E-state index contributed by atoms with van der Waals surface area (Å²) in [6.45, 7) is 7.30. The molecule has 0 saturated heterocycles. The van der Waals surface area contributed by atoms with Gasteiger partial charge in [0.25, 0.3) is 5.91 Å². The highest BCUT2D eigenvalue weighted by atomic mass is 16.2. The zero-order chi connectivity index (χ0) is 16.4. The second kappa shape index (κ2) is 6.24. The van der Waals surface area contributed by atoms with Gasteiger partial charge in [0.2, 0.25) is 0 Å². The van der Waals surface area contributed by atoms with Gasteiger partial charge in [0.15, 0.2) is 0 Å². The van der Waals surface area contributed by atoms with Gasteiger partial charge in [-0.15, -0.1) is 0 Å². The fraction of sp³-hybridized carbons (Fsp3) is 0.263. The topological polar surface area (TPSA) is 37.6 Å². The normalized spacial score (nSPS) is 10.9. The van der Waals surface area contributed by atoms with E-state index in [-0.39, 0.29) is 5.91 Å². The first-order valence-corrected chi connectivity index (χ1v) is 7.87. The molecule has 0 aliphatic rings. The number of aryl methyl sites for hydroxylation is 2. The van der Waals surface area contributed by atoms with E-state index in [1.54, 1.807) is 0 Å². The molecule has 118 valence electrons. The average molecular weight is 307 g/mol. The van der Waals surface area contributed by atoms with E-state index < -0.39 is 0 Å². The summed E-state index contributed by atoms with van der Waals surface area (Å²) >= 11 is 0. The highest BCUT2D eigenvalue weighted by molar-refractivity contribution is 5.94. The predicted octanol–water partition coefficient (Wildman–Crippen LogP) is 3.61. The van der Waals surface area contributed by atoms with Gasteiger partial charge < -0.3 is 9.30 Å². The molecule has 0 aliphatic carbocycles. The van der Waals surface area contributed by atoms with Gasteiger partial charge in [0.05, 0.1) is 18.4 Å². The molecule has 0 aliphatic heterocycles. The number of nitrogens with zero attached hydrogens (tertiary/aromatic N) is 3. The van der Waals surface area contributed by atoms with Crippen LogP contribution in [0.1, 0.15) is 34.1 Å². The maximum Gasteiger partial charge on any atom is 0.254 e. The molecule has 2 aromatic heterocycles. The van der Waals surface area contributed by atoms with Gasteiger partial charge in [0.1, 0.15) is 5.65 Å². The number of imidazole rings is 1. The van der Waals surface area contributed by atoms with Crippen LogP contribution in [0, 0.1) is 13.8 Å². The van der Waals surface area contributed by atoms with Gasteiger partial charge in [-0.25, -0.2) is 4.98 Å². The average Bonchev–Trinajstić information content (AvgIpc) is 2.97. The van der Waals surface area contributed by atoms with E-state index in [1.807, 2.05) is 71.9 Å². The Morgan fingerprint density at radius 3 is 2.74 bits per heavy atom. The van der Waals surface area contributed by atoms with Gasteiger partial charge in [-0.3, -0.25) is 4.79 Å². The lowest BCUT2D eigenvalue weighted by Crippen LogP contribution is -2.30. The number of rotatable bonds is 4. The van der Waals surface area contributed by atoms with Crippen LogP contribution in [0.3, 0.4) is 0 Å². The van der Waals surface area contributed by atoms with E-state index in [0.717, 1.165) is 22.5 Å². The number of amides is 1.